The lowest BCUT2D eigenvalue weighted by atomic mass is 10.0. The molecule has 85 heavy (non-hydrogen) atoms. The first-order valence-corrected chi connectivity index (χ1v) is 39.3. The summed E-state index contributed by atoms with van der Waals surface area (Å²) in [6, 6.07) is -0.537. The van der Waals surface area contributed by atoms with Crippen molar-refractivity contribution in [2.75, 3.05) is 6.61 Å². The number of aliphatic hydroxyl groups is 2. The van der Waals surface area contributed by atoms with E-state index in [1.165, 1.54) is 366 Å². The molecule has 0 aromatic heterocycles. The van der Waals surface area contributed by atoms with Gasteiger partial charge < -0.3 is 15.5 Å². The highest BCUT2D eigenvalue weighted by Gasteiger charge is 2.20. The molecule has 4 heteroatoms. The van der Waals surface area contributed by atoms with E-state index < -0.39 is 12.1 Å². The van der Waals surface area contributed by atoms with Gasteiger partial charge in [-0.25, -0.2) is 0 Å². The number of nitrogens with one attached hydrogen (secondary N) is 1. The normalized spacial score (nSPS) is 12.8. The summed E-state index contributed by atoms with van der Waals surface area (Å²) in [5.41, 5.74) is 0. The smallest absolute Gasteiger partial charge is 0.220 e. The van der Waals surface area contributed by atoms with Crippen LogP contribution in [0, 0.1) is 0 Å². The van der Waals surface area contributed by atoms with Crippen molar-refractivity contribution in [1.82, 2.24) is 5.32 Å². The molecule has 0 fully saturated rings. The van der Waals surface area contributed by atoms with Gasteiger partial charge in [-0.2, -0.15) is 0 Å². The van der Waals surface area contributed by atoms with Gasteiger partial charge in [0.15, 0.2) is 0 Å². The highest BCUT2D eigenvalue weighted by atomic mass is 16.3. The molecule has 2 atom stereocenters. The number of rotatable bonds is 74. The maximum Gasteiger partial charge on any atom is 0.220 e. The lowest BCUT2D eigenvalue weighted by Gasteiger charge is -2.22. The summed E-state index contributed by atoms with van der Waals surface area (Å²) in [7, 11) is 0. The number of aliphatic hydroxyl groups excluding tert-OH is 2. The second kappa shape index (κ2) is 76.6. The van der Waals surface area contributed by atoms with E-state index in [-0.39, 0.29) is 12.5 Å². The highest BCUT2D eigenvalue weighted by Crippen LogP contribution is 2.20. The summed E-state index contributed by atoms with van der Waals surface area (Å²) < 4.78 is 0. The minimum atomic E-state index is -0.660. The third-order valence-corrected chi connectivity index (χ3v) is 18.6. The van der Waals surface area contributed by atoms with Gasteiger partial charge in [-0.15, -0.1) is 0 Å². The van der Waals surface area contributed by atoms with Crippen LogP contribution in [0.2, 0.25) is 0 Å². The van der Waals surface area contributed by atoms with E-state index in [0.717, 1.165) is 51.4 Å². The third-order valence-electron chi connectivity index (χ3n) is 18.6. The van der Waals surface area contributed by atoms with Crippen LogP contribution in [0.4, 0.5) is 0 Å². The van der Waals surface area contributed by atoms with Crippen molar-refractivity contribution in [3.63, 3.8) is 0 Å². The SMILES string of the molecule is CC/C=C\C/C=C\C/C=C\C/C=C\CCCCCCCCCCCCCCCCCCCCCCCCCCCCCCC(=O)NC(CO)C(O)CCCCCCCCCCCCCCCCCCCCCCCCCCCCCCCCCC. The molecule has 0 rings (SSSR count). The summed E-state index contributed by atoms with van der Waals surface area (Å²) in [4.78, 5) is 12.6. The average Bonchev–Trinajstić information content (AvgIpc) is 3.51. The van der Waals surface area contributed by atoms with Crippen LogP contribution in [0.25, 0.3) is 0 Å². The molecule has 0 heterocycles. The molecule has 3 N–H and O–H groups in total. The predicted molar refractivity (Wildman–Crippen MR) is 382 cm³/mol. The maximum absolute atomic E-state index is 12.6. The van der Waals surface area contributed by atoms with Crippen LogP contribution >= 0.6 is 0 Å². The largest absolute Gasteiger partial charge is 0.394 e. The zero-order valence-corrected chi connectivity index (χ0v) is 58.2. The molecule has 502 valence electrons. The standard InChI is InChI=1S/C81H155NO3/c1-3-5-7-9-11-13-15-17-19-21-23-25-27-29-31-33-35-37-38-39-40-41-42-43-44-45-47-49-51-53-55-57-59-61-63-65-67-69-71-73-75-77-81(85)82-79(78-83)80(84)76-74-72-70-68-66-64-62-60-58-56-54-52-50-48-46-36-34-32-30-28-26-24-22-20-18-16-14-12-10-8-6-4-2/h5,7,11,13,17,19,23,25,79-80,83-84H,3-4,6,8-10,12,14-16,18,20-22,24,26-78H2,1-2H3,(H,82,85)/b7-5-,13-11-,19-17-,25-23-. The molecule has 0 aromatic rings. The molecule has 0 saturated heterocycles. The van der Waals surface area contributed by atoms with Crippen LogP contribution in [0.3, 0.4) is 0 Å². The van der Waals surface area contributed by atoms with Crippen LogP contribution in [0.1, 0.15) is 444 Å². The van der Waals surface area contributed by atoms with Crippen LogP contribution in [-0.2, 0) is 4.79 Å². The van der Waals surface area contributed by atoms with E-state index in [2.05, 4.69) is 67.8 Å². The molecule has 0 bridgehead atoms. The predicted octanol–water partition coefficient (Wildman–Crippen LogP) is 27.2. The van der Waals surface area contributed by atoms with E-state index >= 15 is 0 Å². The van der Waals surface area contributed by atoms with Crippen LogP contribution in [-0.4, -0.2) is 34.9 Å². The van der Waals surface area contributed by atoms with Gasteiger partial charge in [0, 0.05) is 6.42 Å². The van der Waals surface area contributed by atoms with E-state index in [9.17, 15) is 15.0 Å². The van der Waals surface area contributed by atoms with Gasteiger partial charge in [-0.05, 0) is 51.4 Å². The van der Waals surface area contributed by atoms with Gasteiger partial charge in [0.2, 0.25) is 5.91 Å². The first-order valence-electron chi connectivity index (χ1n) is 39.3. The zero-order chi connectivity index (χ0) is 61.2. The number of carbonyl (C=O) groups is 1. The third kappa shape index (κ3) is 73.0. The van der Waals surface area contributed by atoms with Crippen molar-refractivity contribution in [3.05, 3.63) is 48.6 Å². The molecular weight excluding hydrogens is 1030 g/mol. The molecule has 4 nitrogen and oxygen atoms in total. The van der Waals surface area contributed by atoms with Crippen molar-refractivity contribution in [3.8, 4) is 0 Å². The van der Waals surface area contributed by atoms with Gasteiger partial charge >= 0.3 is 0 Å². The van der Waals surface area contributed by atoms with Crippen molar-refractivity contribution in [2.24, 2.45) is 0 Å². The van der Waals surface area contributed by atoms with Crippen molar-refractivity contribution in [2.45, 2.75) is 456 Å². The lowest BCUT2D eigenvalue weighted by molar-refractivity contribution is -0.123. The van der Waals surface area contributed by atoms with Gasteiger partial charge in [0.05, 0.1) is 18.8 Å². The molecular formula is C81H155NO3. The first-order chi connectivity index (χ1) is 42.2. The Morgan fingerprint density at radius 1 is 0.294 bits per heavy atom. The summed E-state index contributed by atoms with van der Waals surface area (Å²) in [6.45, 7) is 4.30. The quantitative estimate of drug-likeness (QED) is 0.0420. The summed E-state index contributed by atoms with van der Waals surface area (Å²) in [6.07, 6.45) is 108. The fourth-order valence-electron chi connectivity index (χ4n) is 12.7. The van der Waals surface area contributed by atoms with E-state index in [4.69, 9.17) is 0 Å². The average molecular weight is 1190 g/mol. The highest BCUT2D eigenvalue weighted by molar-refractivity contribution is 5.76. The molecule has 2 unspecified atom stereocenters. The number of unbranched alkanes of at least 4 members (excludes halogenated alkanes) is 59. The fourth-order valence-corrected chi connectivity index (χ4v) is 12.7. The van der Waals surface area contributed by atoms with E-state index in [1.807, 2.05) is 0 Å². The molecule has 0 radical (unpaired) electrons. The number of hydrogen-bond donors (Lipinski definition) is 3. The molecule has 0 aliphatic heterocycles. The van der Waals surface area contributed by atoms with E-state index in [0.29, 0.717) is 12.8 Å². The number of allylic oxidation sites excluding steroid dienone is 8. The van der Waals surface area contributed by atoms with Crippen molar-refractivity contribution >= 4 is 5.91 Å². The molecule has 0 aliphatic carbocycles. The van der Waals surface area contributed by atoms with Gasteiger partial charge in [-0.1, -0.05) is 435 Å². The Hall–Kier alpha value is -1.65. The van der Waals surface area contributed by atoms with Gasteiger partial charge in [0.1, 0.15) is 0 Å². The Morgan fingerprint density at radius 2 is 0.518 bits per heavy atom. The molecule has 0 saturated carbocycles. The topological polar surface area (TPSA) is 69.6 Å². The molecule has 0 aromatic carbocycles. The van der Waals surface area contributed by atoms with E-state index in [1.54, 1.807) is 0 Å². The number of carbonyl (C=O) groups excluding carboxylic acids is 1. The fraction of sp³-hybridized carbons (Fsp3) is 0.889. The van der Waals surface area contributed by atoms with Crippen LogP contribution in [0.5, 0.6) is 0 Å². The summed E-state index contributed by atoms with van der Waals surface area (Å²) in [5, 5.41) is 23.5. The summed E-state index contributed by atoms with van der Waals surface area (Å²) >= 11 is 0. The minimum absolute atomic E-state index is 0.0207. The second-order valence-electron chi connectivity index (χ2n) is 27.1. The number of hydrogen-bond acceptors (Lipinski definition) is 3. The van der Waals surface area contributed by atoms with Crippen molar-refractivity contribution < 1.29 is 15.0 Å². The molecule has 0 spiro atoms. The monoisotopic (exact) mass is 1190 g/mol. The Bertz CT molecular complexity index is 1350. The first kappa shape index (κ1) is 83.4. The minimum Gasteiger partial charge on any atom is -0.394 e. The Morgan fingerprint density at radius 3 is 0.776 bits per heavy atom. The summed E-state index contributed by atoms with van der Waals surface area (Å²) in [5.74, 6) is -0.0207. The second-order valence-corrected chi connectivity index (χ2v) is 27.1. The Labute approximate surface area is 534 Å². The van der Waals surface area contributed by atoms with Gasteiger partial charge in [-0.3, -0.25) is 4.79 Å². The Balaban J connectivity index is 3.35. The zero-order valence-electron chi connectivity index (χ0n) is 58.2. The maximum atomic E-state index is 12.6. The Kier molecular flexibility index (Phi) is 75.1. The van der Waals surface area contributed by atoms with Crippen LogP contribution < -0.4 is 5.32 Å². The van der Waals surface area contributed by atoms with Crippen LogP contribution in [0.15, 0.2) is 48.6 Å². The van der Waals surface area contributed by atoms with Crippen molar-refractivity contribution in [1.29, 1.82) is 0 Å². The molecule has 0 aliphatic rings. The lowest BCUT2D eigenvalue weighted by Crippen LogP contribution is -2.45. The number of amides is 1. The van der Waals surface area contributed by atoms with Gasteiger partial charge in [0.25, 0.3) is 0 Å². The molecule has 1 amide bonds.